The molecule has 0 bridgehead atoms. The van der Waals surface area contributed by atoms with Gasteiger partial charge >= 0.3 is 0 Å². The highest BCUT2D eigenvalue weighted by Gasteiger charge is 2.38. The van der Waals surface area contributed by atoms with Crippen molar-refractivity contribution in [1.82, 2.24) is 14.8 Å². The van der Waals surface area contributed by atoms with E-state index in [9.17, 15) is 4.79 Å². The first-order valence-electron chi connectivity index (χ1n) is 10.1. The SMILES string of the molecule is CCCN1CC(C(=O)N2CCCC2)C=C2c3cccc4[nH]cc(c34)CC21. The zero-order valence-corrected chi connectivity index (χ0v) is 15.5. The number of hydrogen-bond donors (Lipinski definition) is 1. The Morgan fingerprint density at radius 3 is 2.92 bits per heavy atom. The van der Waals surface area contributed by atoms with E-state index < -0.39 is 0 Å². The number of likely N-dealkylation sites (tertiary alicyclic amines) is 1. The van der Waals surface area contributed by atoms with E-state index in [0.29, 0.717) is 11.9 Å². The Hall–Kier alpha value is -2.07. The molecule has 1 aromatic carbocycles. The summed E-state index contributed by atoms with van der Waals surface area (Å²) in [6.45, 7) is 6.04. The van der Waals surface area contributed by atoms with E-state index in [-0.39, 0.29) is 5.92 Å². The number of fused-ring (bicyclic) bond motifs is 2. The van der Waals surface area contributed by atoms with Gasteiger partial charge in [-0.15, -0.1) is 0 Å². The van der Waals surface area contributed by atoms with Crippen LogP contribution in [0.25, 0.3) is 16.5 Å². The van der Waals surface area contributed by atoms with Crippen molar-refractivity contribution < 1.29 is 4.79 Å². The summed E-state index contributed by atoms with van der Waals surface area (Å²) < 4.78 is 0. The van der Waals surface area contributed by atoms with Gasteiger partial charge in [0.25, 0.3) is 0 Å². The number of amides is 1. The highest BCUT2D eigenvalue weighted by Crippen LogP contribution is 2.41. The average Bonchev–Trinajstić information content (AvgIpc) is 3.33. The van der Waals surface area contributed by atoms with Gasteiger partial charge in [-0.2, -0.15) is 0 Å². The van der Waals surface area contributed by atoms with Crippen molar-refractivity contribution in [2.24, 2.45) is 5.92 Å². The Morgan fingerprint density at radius 1 is 1.27 bits per heavy atom. The maximum absolute atomic E-state index is 13.1. The fourth-order valence-corrected chi connectivity index (χ4v) is 5.19. The number of carbonyl (C=O) groups is 1. The molecule has 1 saturated heterocycles. The first kappa shape index (κ1) is 16.1. The second-order valence-corrected chi connectivity index (χ2v) is 8.02. The minimum absolute atomic E-state index is 0.00153. The summed E-state index contributed by atoms with van der Waals surface area (Å²) in [6.07, 6.45) is 8.97. The van der Waals surface area contributed by atoms with E-state index in [1.54, 1.807) is 0 Å². The van der Waals surface area contributed by atoms with Crippen LogP contribution in [0.1, 0.15) is 37.3 Å². The third-order valence-electron chi connectivity index (χ3n) is 6.37. The van der Waals surface area contributed by atoms with E-state index in [2.05, 4.69) is 52.2 Å². The Morgan fingerprint density at radius 2 is 2.12 bits per heavy atom. The lowest BCUT2D eigenvalue weighted by Crippen LogP contribution is -2.49. The molecule has 1 fully saturated rings. The average molecular weight is 349 g/mol. The largest absolute Gasteiger partial charge is 0.361 e. The number of nitrogens with one attached hydrogen (secondary N) is 1. The summed E-state index contributed by atoms with van der Waals surface area (Å²) in [5.41, 5.74) is 5.34. The molecule has 2 aliphatic heterocycles. The van der Waals surface area contributed by atoms with Crippen molar-refractivity contribution in [1.29, 1.82) is 0 Å². The van der Waals surface area contributed by atoms with Crippen molar-refractivity contribution in [3.8, 4) is 0 Å². The molecule has 1 aliphatic carbocycles. The molecule has 0 saturated carbocycles. The number of aromatic nitrogens is 1. The topological polar surface area (TPSA) is 39.3 Å². The normalized spacial score (nSPS) is 25.4. The molecule has 0 spiro atoms. The van der Waals surface area contributed by atoms with Gasteiger partial charge in [0.05, 0.1) is 5.92 Å². The molecule has 4 heteroatoms. The number of hydrogen-bond acceptors (Lipinski definition) is 2. The molecule has 1 N–H and O–H groups in total. The highest BCUT2D eigenvalue weighted by molar-refractivity contribution is 5.99. The monoisotopic (exact) mass is 349 g/mol. The van der Waals surface area contributed by atoms with Gasteiger partial charge in [0.2, 0.25) is 5.91 Å². The van der Waals surface area contributed by atoms with Crippen molar-refractivity contribution in [2.75, 3.05) is 26.2 Å². The van der Waals surface area contributed by atoms with Crippen LogP contribution in [0.15, 0.2) is 30.5 Å². The van der Waals surface area contributed by atoms with Crippen molar-refractivity contribution in [2.45, 2.75) is 38.6 Å². The van der Waals surface area contributed by atoms with Gasteiger partial charge < -0.3 is 9.88 Å². The Bertz CT molecular complexity index is 875. The van der Waals surface area contributed by atoms with Crippen molar-refractivity contribution in [3.63, 3.8) is 0 Å². The molecule has 5 rings (SSSR count). The maximum atomic E-state index is 13.1. The molecular weight excluding hydrogens is 322 g/mol. The lowest BCUT2D eigenvalue weighted by molar-refractivity contribution is -0.133. The van der Waals surface area contributed by atoms with Crippen LogP contribution < -0.4 is 0 Å². The second kappa shape index (κ2) is 6.27. The zero-order chi connectivity index (χ0) is 17.7. The predicted octanol–water partition coefficient (Wildman–Crippen LogP) is 3.44. The van der Waals surface area contributed by atoms with Crippen LogP contribution in [0.3, 0.4) is 0 Å². The van der Waals surface area contributed by atoms with Crippen LogP contribution in [0.5, 0.6) is 0 Å². The van der Waals surface area contributed by atoms with Gasteiger partial charge in [-0.25, -0.2) is 0 Å². The molecule has 2 atom stereocenters. The minimum Gasteiger partial charge on any atom is -0.361 e. The molecule has 3 aliphatic rings. The van der Waals surface area contributed by atoms with Crippen LogP contribution in [0.4, 0.5) is 0 Å². The van der Waals surface area contributed by atoms with E-state index in [0.717, 1.165) is 51.9 Å². The summed E-state index contributed by atoms with van der Waals surface area (Å²) in [5, 5.41) is 1.36. The Balaban J connectivity index is 1.59. The Labute approximate surface area is 154 Å². The van der Waals surface area contributed by atoms with Crippen LogP contribution in [-0.2, 0) is 11.2 Å². The standard InChI is InChI=1S/C22H27N3O/c1-2-8-25-14-16(22(26)24-9-3-4-10-24)11-18-17-6-5-7-19-21(17)15(13-23-19)12-20(18)25/h5-7,11,13,16,20,23H,2-4,8-10,12,14H2,1H3. The second-order valence-electron chi connectivity index (χ2n) is 8.02. The van der Waals surface area contributed by atoms with Crippen LogP contribution in [0, 0.1) is 5.92 Å². The molecule has 4 nitrogen and oxygen atoms in total. The molecule has 136 valence electrons. The number of aromatic amines is 1. The third-order valence-corrected chi connectivity index (χ3v) is 6.37. The summed E-state index contributed by atoms with van der Waals surface area (Å²) in [7, 11) is 0. The Kier molecular flexibility index (Phi) is 3.89. The van der Waals surface area contributed by atoms with Gasteiger partial charge in [0.15, 0.2) is 0 Å². The molecule has 26 heavy (non-hydrogen) atoms. The summed E-state index contributed by atoms with van der Waals surface area (Å²) in [6, 6.07) is 6.94. The molecule has 0 radical (unpaired) electrons. The molecular formula is C22H27N3O. The molecule has 1 aromatic heterocycles. The summed E-state index contributed by atoms with van der Waals surface area (Å²) in [4.78, 5) is 21.2. The number of benzene rings is 1. The lowest BCUT2D eigenvalue weighted by atomic mass is 9.79. The van der Waals surface area contributed by atoms with Crippen molar-refractivity contribution >= 4 is 22.4 Å². The third kappa shape index (κ3) is 2.43. The van der Waals surface area contributed by atoms with Gasteiger partial charge in [0.1, 0.15) is 0 Å². The summed E-state index contributed by atoms with van der Waals surface area (Å²) >= 11 is 0. The molecule has 3 heterocycles. The van der Waals surface area contributed by atoms with Gasteiger partial charge in [-0.3, -0.25) is 9.69 Å². The molecule has 2 unspecified atom stereocenters. The minimum atomic E-state index is 0.00153. The van der Waals surface area contributed by atoms with Crippen molar-refractivity contribution in [3.05, 3.63) is 41.6 Å². The van der Waals surface area contributed by atoms with E-state index in [1.165, 1.54) is 27.6 Å². The van der Waals surface area contributed by atoms with E-state index >= 15 is 0 Å². The first-order chi connectivity index (χ1) is 12.8. The number of rotatable bonds is 3. The fourth-order valence-electron chi connectivity index (χ4n) is 5.19. The van der Waals surface area contributed by atoms with Crippen LogP contribution in [0.2, 0.25) is 0 Å². The predicted molar refractivity (Wildman–Crippen MR) is 105 cm³/mol. The van der Waals surface area contributed by atoms with Gasteiger partial charge in [-0.05, 0) is 55.0 Å². The quantitative estimate of drug-likeness (QED) is 0.922. The van der Waals surface area contributed by atoms with Crippen LogP contribution >= 0.6 is 0 Å². The van der Waals surface area contributed by atoms with E-state index in [4.69, 9.17) is 0 Å². The zero-order valence-electron chi connectivity index (χ0n) is 15.5. The van der Waals surface area contributed by atoms with E-state index in [1.807, 2.05) is 0 Å². The number of H-pyrrole nitrogens is 1. The van der Waals surface area contributed by atoms with Gasteiger partial charge in [-0.1, -0.05) is 25.1 Å². The smallest absolute Gasteiger partial charge is 0.230 e. The fraction of sp³-hybridized carbons (Fsp3) is 0.500. The number of carbonyl (C=O) groups excluding carboxylic acids is 1. The number of nitrogens with zero attached hydrogens (tertiary/aromatic N) is 2. The van der Waals surface area contributed by atoms with Gasteiger partial charge in [0, 0.05) is 42.8 Å². The molecule has 2 aromatic rings. The summed E-state index contributed by atoms with van der Waals surface area (Å²) in [5.74, 6) is 0.336. The highest BCUT2D eigenvalue weighted by atomic mass is 16.2. The first-order valence-corrected chi connectivity index (χ1v) is 10.1. The lowest BCUT2D eigenvalue weighted by Gasteiger charge is -2.42. The van der Waals surface area contributed by atoms with Crippen LogP contribution in [-0.4, -0.2) is 52.9 Å². The maximum Gasteiger partial charge on any atom is 0.230 e. The molecule has 1 amide bonds.